The standard InChI is InChI=1S/C11H23N3O2/c1-14(5-3-7-16-2)6-4-13-11(15)10-8-12-9-10/h10,12H,3-9H2,1-2H3,(H,13,15). The van der Waals surface area contributed by atoms with Crippen LogP contribution in [-0.4, -0.2) is 64.3 Å². The zero-order chi connectivity index (χ0) is 11.8. The number of methoxy groups -OCH3 is 1. The second-order valence-corrected chi connectivity index (χ2v) is 4.30. The Morgan fingerprint density at radius 3 is 2.81 bits per heavy atom. The normalized spacial score (nSPS) is 16.2. The van der Waals surface area contributed by atoms with Crippen LogP contribution < -0.4 is 10.6 Å². The summed E-state index contributed by atoms with van der Waals surface area (Å²) < 4.78 is 4.99. The molecule has 5 heteroatoms. The van der Waals surface area contributed by atoms with E-state index < -0.39 is 0 Å². The highest BCUT2D eigenvalue weighted by Gasteiger charge is 2.24. The molecule has 0 aromatic carbocycles. The number of carbonyl (C=O) groups excluding carboxylic acids is 1. The van der Waals surface area contributed by atoms with Gasteiger partial charge in [0.2, 0.25) is 5.91 Å². The van der Waals surface area contributed by atoms with E-state index >= 15 is 0 Å². The van der Waals surface area contributed by atoms with Crippen LogP contribution in [0.1, 0.15) is 6.42 Å². The molecule has 0 bridgehead atoms. The lowest BCUT2D eigenvalue weighted by atomic mass is 10.0. The summed E-state index contributed by atoms with van der Waals surface area (Å²) in [6, 6.07) is 0. The van der Waals surface area contributed by atoms with Gasteiger partial charge in [0.1, 0.15) is 0 Å². The molecule has 0 unspecified atom stereocenters. The Labute approximate surface area is 97.5 Å². The summed E-state index contributed by atoms with van der Waals surface area (Å²) in [6.45, 7) is 5.10. The van der Waals surface area contributed by atoms with Gasteiger partial charge >= 0.3 is 0 Å². The molecule has 0 aromatic rings. The lowest BCUT2D eigenvalue weighted by Gasteiger charge is -2.26. The van der Waals surface area contributed by atoms with E-state index in [4.69, 9.17) is 4.74 Å². The van der Waals surface area contributed by atoms with Crippen molar-refractivity contribution >= 4 is 5.91 Å². The number of likely N-dealkylation sites (N-methyl/N-ethyl adjacent to an activating group) is 1. The average Bonchev–Trinajstić information content (AvgIpc) is 2.15. The van der Waals surface area contributed by atoms with Gasteiger partial charge in [-0.15, -0.1) is 0 Å². The zero-order valence-electron chi connectivity index (χ0n) is 10.3. The molecule has 0 aromatic heterocycles. The second kappa shape index (κ2) is 7.60. The van der Waals surface area contributed by atoms with E-state index in [0.717, 1.165) is 45.8 Å². The van der Waals surface area contributed by atoms with Crippen molar-refractivity contribution in [1.29, 1.82) is 0 Å². The monoisotopic (exact) mass is 229 g/mol. The third kappa shape index (κ3) is 4.92. The van der Waals surface area contributed by atoms with Gasteiger partial charge in [-0.2, -0.15) is 0 Å². The van der Waals surface area contributed by atoms with Gasteiger partial charge in [0.05, 0.1) is 5.92 Å². The number of ether oxygens (including phenoxy) is 1. The van der Waals surface area contributed by atoms with Crippen LogP contribution in [-0.2, 0) is 9.53 Å². The fourth-order valence-corrected chi connectivity index (χ4v) is 1.58. The highest BCUT2D eigenvalue weighted by Crippen LogP contribution is 2.01. The first kappa shape index (κ1) is 13.4. The van der Waals surface area contributed by atoms with Crippen molar-refractivity contribution in [3.05, 3.63) is 0 Å². The number of carbonyl (C=O) groups is 1. The minimum atomic E-state index is 0.184. The number of nitrogens with one attached hydrogen (secondary N) is 2. The molecule has 0 atom stereocenters. The van der Waals surface area contributed by atoms with Crippen molar-refractivity contribution in [1.82, 2.24) is 15.5 Å². The summed E-state index contributed by atoms with van der Waals surface area (Å²) in [5.41, 5.74) is 0. The minimum Gasteiger partial charge on any atom is -0.385 e. The molecule has 0 saturated carbocycles. The predicted octanol–water partition coefficient (Wildman–Crippen LogP) is -0.710. The van der Waals surface area contributed by atoms with Crippen LogP contribution in [0.5, 0.6) is 0 Å². The Morgan fingerprint density at radius 2 is 2.25 bits per heavy atom. The maximum Gasteiger partial charge on any atom is 0.225 e. The Hall–Kier alpha value is -0.650. The van der Waals surface area contributed by atoms with Gasteiger partial charge in [-0.05, 0) is 13.5 Å². The lowest BCUT2D eigenvalue weighted by Crippen LogP contribution is -2.51. The first-order valence-corrected chi connectivity index (χ1v) is 5.90. The molecule has 1 saturated heterocycles. The molecule has 1 aliphatic heterocycles. The Kier molecular flexibility index (Phi) is 6.37. The second-order valence-electron chi connectivity index (χ2n) is 4.30. The SMILES string of the molecule is COCCCN(C)CCNC(=O)C1CNC1. The Bertz CT molecular complexity index is 207. The van der Waals surface area contributed by atoms with Crippen molar-refractivity contribution in [3.63, 3.8) is 0 Å². The maximum absolute atomic E-state index is 11.5. The molecule has 0 spiro atoms. The largest absolute Gasteiger partial charge is 0.385 e. The molecular formula is C11H23N3O2. The van der Waals surface area contributed by atoms with E-state index in [2.05, 4.69) is 22.6 Å². The zero-order valence-corrected chi connectivity index (χ0v) is 10.3. The lowest BCUT2D eigenvalue weighted by molar-refractivity contribution is -0.126. The number of hydrogen-bond donors (Lipinski definition) is 2. The van der Waals surface area contributed by atoms with Crippen LogP contribution in [0, 0.1) is 5.92 Å². The van der Waals surface area contributed by atoms with E-state index in [1.165, 1.54) is 0 Å². The fraction of sp³-hybridized carbons (Fsp3) is 0.909. The minimum absolute atomic E-state index is 0.184. The molecule has 5 nitrogen and oxygen atoms in total. The third-order valence-electron chi connectivity index (χ3n) is 2.83. The van der Waals surface area contributed by atoms with E-state index in [0.29, 0.717) is 0 Å². The summed E-state index contributed by atoms with van der Waals surface area (Å²) in [5.74, 6) is 0.378. The topological polar surface area (TPSA) is 53.6 Å². The average molecular weight is 229 g/mol. The smallest absolute Gasteiger partial charge is 0.225 e. The summed E-state index contributed by atoms with van der Waals surface area (Å²) in [4.78, 5) is 13.7. The van der Waals surface area contributed by atoms with Crippen molar-refractivity contribution in [3.8, 4) is 0 Å². The number of nitrogens with zero attached hydrogens (tertiary/aromatic N) is 1. The molecule has 2 N–H and O–H groups in total. The van der Waals surface area contributed by atoms with E-state index in [9.17, 15) is 4.79 Å². The molecule has 0 radical (unpaired) electrons. The van der Waals surface area contributed by atoms with Crippen molar-refractivity contribution in [2.24, 2.45) is 5.92 Å². The fourth-order valence-electron chi connectivity index (χ4n) is 1.58. The number of amides is 1. The van der Waals surface area contributed by atoms with Gasteiger partial charge in [0, 0.05) is 46.4 Å². The van der Waals surface area contributed by atoms with Crippen LogP contribution in [0.2, 0.25) is 0 Å². The molecule has 1 rings (SSSR count). The van der Waals surface area contributed by atoms with Gasteiger partial charge < -0.3 is 20.3 Å². The van der Waals surface area contributed by atoms with Crippen LogP contribution in [0.15, 0.2) is 0 Å². The van der Waals surface area contributed by atoms with Crippen LogP contribution in [0.3, 0.4) is 0 Å². The van der Waals surface area contributed by atoms with Gasteiger partial charge in [-0.3, -0.25) is 4.79 Å². The van der Waals surface area contributed by atoms with Crippen LogP contribution in [0.25, 0.3) is 0 Å². The van der Waals surface area contributed by atoms with Crippen molar-refractivity contribution in [2.75, 3.05) is 53.5 Å². The highest BCUT2D eigenvalue weighted by molar-refractivity contribution is 5.79. The van der Waals surface area contributed by atoms with Crippen molar-refractivity contribution < 1.29 is 9.53 Å². The molecule has 1 amide bonds. The summed E-state index contributed by atoms with van der Waals surface area (Å²) >= 11 is 0. The molecule has 0 aliphatic carbocycles. The number of rotatable bonds is 8. The van der Waals surface area contributed by atoms with Gasteiger partial charge in [-0.25, -0.2) is 0 Å². The van der Waals surface area contributed by atoms with E-state index in [1.807, 2.05) is 0 Å². The van der Waals surface area contributed by atoms with E-state index in [-0.39, 0.29) is 11.8 Å². The van der Waals surface area contributed by atoms with Crippen LogP contribution >= 0.6 is 0 Å². The molecule has 1 aliphatic rings. The highest BCUT2D eigenvalue weighted by atomic mass is 16.5. The van der Waals surface area contributed by atoms with Gasteiger partial charge in [0.15, 0.2) is 0 Å². The molecule has 94 valence electrons. The Balaban J connectivity index is 1.94. The Morgan fingerprint density at radius 1 is 1.50 bits per heavy atom. The van der Waals surface area contributed by atoms with Gasteiger partial charge in [0.25, 0.3) is 0 Å². The molecule has 1 heterocycles. The van der Waals surface area contributed by atoms with Crippen molar-refractivity contribution in [2.45, 2.75) is 6.42 Å². The molecule has 16 heavy (non-hydrogen) atoms. The first-order chi connectivity index (χ1) is 7.74. The predicted molar refractivity (Wildman–Crippen MR) is 63.4 cm³/mol. The first-order valence-electron chi connectivity index (χ1n) is 5.90. The van der Waals surface area contributed by atoms with E-state index in [1.54, 1.807) is 7.11 Å². The molecular weight excluding hydrogens is 206 g/mol. The van der Waals surface area contributed by atoms with Crippen LogP contribution in [0.4, 0.5) is 0 Å². The molecule has 1 fully saturated rings. The maximum atomic E-state index is 11.5. The number of hydrogen-bond acceptors (Lipinski definition) is 4. The third-order valence-corrected chi connectivity index (χ3v) is 2.83. The summed E-state index contributed by atoms with van der Waals surface area (Å²) in [6.07, 6.45) is 1.04. The summed E-state index contributed by atoms with van der Waals surface area (Å²) in [5, 5.41) is 6.04. The summed E-state index contributed by atoms with van der Waals surface area (Å²) in [7, 11) is 3.78. The van der Waals surface area contributed by atoms with Gasteiger partial charge in [-0.1, -0.05) is 0 Å². The quantitative estimate of drug-likeness (QED) is 0.540.